The molecule has 0 aromatic carbocycles. The van der Waals surface area contributed by atoms with Crippen LogP contribution >= 0.6 is 15.9 Å². The van der Waals surface area contributed by atoms with Gasteiger partial charge in [0, 0.05) is 19.8 Å². The lowest BCUT2D eigenvalue weighted by Gasteiger charge is -2.21. The van der Waals surface area contributed by atoms with E-state index in [0.29, 0.717) is 6.54 Å². The van der Waals surface area contributed by atoms with Crippen LogP contribution in [0.4, 0.5) is 0 Å². The Labute approximate surface area is 115 Å². The maximum atomic E-state index is 8.69. The van der Waals surface area contributed by atoms with Crippen LogP contribution < -0.4 is 5.32 Å². The highest BCUT2D eigenvalue weighted by Gasteiger charge is 2.19. The van der Waals surface area contributed by atoms with E-state index in [1.807, 2.05) is 0 Å². The number of nitrogens with one attached hydrogen (secondary N) is 1. The quantitative estimate of drug-likeness (QED) is 0.771. The first-order valence-electron chi connectivity index (χ1n) is 6.35. The predicted molar refractivity (Wildman–Crippen MR) is 70.0 cm³/mol. The number of rotatable bonds is 6. The molecule has 1 atom stereocenters. The summed E-state index contributed by atoms with van der Waals surface area (Å²) in [5.41, 5.74) is 0.877. The van der Waals surface area contributed by atoms with Crippen LogP contribution in [0.5, 0.6) is 0 Å². The number of hydrogen-bond donors (Lipinski definition) is 2. The Hall–Kier alpha value is -0.500. The smallest absolute Gasteiger partial charge is 0.169 e. The lowest BCUT2D eigenvalue weighted by atomic mass is 10.2. The highest BCUT2D eigenvalue weighted by Crippen LogP contribution is 2.22. The van der Waals surface area contributed by atoms with Gasteiger partial charge in [-0.1, -0.05) is 0 Å². The van der Waals surface area contributed by atoms with Crippen LogP contribution in [0.3, 0.4) is 0 Å². The molecule has 1 aromatic heterocycles. The second-order valence-corrected chi connectivity index (χ2v) is 5.08. The van der Waals surface area contributed by atoms with Gasteiger partial charge in [0.15, 0.2) is 10.8 Å². The lowest BCUT2D eigenvalue weighted by Crippen LogP contribution is -2.21. The molecule has 0 spiro atoms. The van der Waals surface area contributed by atoms with Crippen LogP contribution in [0.1, 0.15) is 37.6 Å². The summed E-state index contributed by atoms with van der Waals surface area (Å²) in [7, 11) is 0. The summed E-state index contributed by atoms with van der Waals surface area (Å²) in [6, 6.07) is 0. The molecule has 1 fully saturated rings. The summed E-state index contributed by atoms with van der Waals surface area (Å²) in [5.74, 6) is 0. The first-order chi connectivity index (χ1) is 8.81. The molecule has 102 valence electrons. The van der Waals surface area contributed by atoms with E-state index >= 15 is 0 Å². The number of halogens is 1. The zero-order valence-corrected chi connectivity index (χ0v) is 11.9. The highest BCUT2D eigenvalue weighted by molar-refractivity contribution is 9.10. The maximum absolute atomic E-state index is 8.69. The van der Waals surface area contributed by atoms with Crippen LogP contribution in [0.25, 0.3) is 0 Å². The topological polar surface area (TPSA) is 72.2 Å². The van der Waals surface area contributed by atoms with Crippen molar-refractivity contribution in [2.75, 3.05) is 19.8 Å². The number of hydrogen-bond acceptors (Lipinski definition) is 5. The minimum absolute atomic E-state index is 0.0266. The predicted octanol–water partition coefficient (Wildman–Crippen LogP) is 1.21. The Balaban J connectivity index is 1.89. The molecule has 1 aliphatic rings. The molecular weight excluding hydrogens is 300 g/mol. The largest absolute Gasteiger partial charge is 0.396 e. The second-order valence-electron chi connectivity index (χ2n) is 4.33. The van der Waals surface area contributed by atoms with Crippen molar-refractivity contribution in [1.82, 2.24) is 20.3 Å². The minimum Gasteiger partial charge on any atom is -0.396 e. The average molecular weight is 319 g/mol. The van der Waals surface area contributed by atoms with Gasteiger partial charge in [0.05, 0.1) is 0 Å². The SMILES string of the molecule is OCCCNCc1nn(C2CCCCO2)nc1Br. The third kappa shape index (κ3) is 3.74. The van der Waals surface area contributed by atoms with Crippen molar-refractivity contribution >= 4 is 15.9 Å². The zero-order chi connectivity index (χ0) is 12.8. The van der Waals surface area contributed by atoms with Gasteiger partial charge in [0.25, 0.3) is 0 Å². The van der Waals surface area contributed by atoms with E-state index in [1.165, 1.54) is 0 Å². The van der Waals surface area contributed by atoms with Gasteiger partial charge in [-0.25, -0.2) is 0 Å². The van der Waals surface area contributed by atoms with Gasteiger partial charge < -0.3 is 15.2 Å². The standard InChI is InChI=1S/C11H19BrN4O2/c12-11-9(8-13-5-3-6-17)14-16(15-11)10-4-1-2-7-18-10/h10,13,17H,1-8H2. The van der Waals surface area contributed by atoms with Gasteiger partial charge in [-0.05, 0) is 48.2 Å². The molecule has 0 saturated carbocycles. The van der Waals surface area contributed by atoms with Gasteiger partial charge in [0.1, 0.15) is 5.69 Å². The highest BCUT2D eigenvalue weighted by atomic mass is 79.9. The van der Waals surface area contributed by atoms with Crippen molar-refractivity contribution in [2.24, 2.45) is 0 Å². The summed E-state index contributed by atoms with van der Waals surface area (Å²) in [5, 5.41) is 20.7. The number of aliphatic hydroxyl groups excluding tert-OH is 1. The van der Waals surface area contributed by atoms with Crippen molar-refractivity contribution in [2.45, 2.75) is 38.5 Å². The molecule has 0 radical (unpaired) electrons. The summed E-state index contributed by atoms with van der Waals surface area (Å²) >= 11 is 3.41. The monoisotopic (exact) mass is 318 g/mol. The molecule has 2 rings (SSSR count). The van der Waals surface area contributed by atoms with Crippen LogP contribution in [-0.4, -0.2) is 39.9 Å². The molecule has 7 heteroatoms. The van der Waals surface area contributed by atoms with E-state index in [1.54, 1.807) is 4.80 Å². The summed E-state index contributed by atoms with van der Waals surface area (Å²) in [4.78, 5) is 1.66. The van der Waals surface area contributed by atoms with Crippen molar-refractivity contribution < 1.29 is 9.84 Å². The zero-order valence-electron chi connectivity index (χ0n) is 10.3. The second kappa shape index (κ2) is 7.18. The Morgan fingerprint density at radius 3 is 3.06 bits per heavy atom. The summed E-state index contributed by atoms with van der Waals surface area (Å²) < 4.78 is 6.40. The molecule has 18 heavy (non-hydrogen) atoms. The number of aromatic nitrogens is 3. The first kappa shape index (κ1) is 13.9. The Morgan fingerprint density at radius 1 is 1.44 bits per heavy atom. The van der Waals surface area contributed by atoms with Crippen molar-refractivity contribution in [3.05, 3.63) is 10.3 Å². The molecule has 1 unspecified atom stereocenters. The van der Waals surface area contributed by atoms with Crippen LogP contribution in [-0.2, 0) is 11.3 Å². The molecule has 1 saturated heterocycles. The van der Waals surface area contributed by atoms with E-state index in [2.05, 4.69) is 31.4 Å². The van der Waals surface area contributed by atoms with E-state index in [4.69, 9.17) is 9.84 Å². The Bertz CT molecular complexity index is 366. The van der Waals surface area contributed by atoms with Gasteiger partial charge in [-0.3, -0.25) is 0 Å². The van der Waals surface area contributed by atoms with Crippen molar-refractivity contribution in [3.63, 3.8) is 0 Å². The molecule has 0 amide bonds. The van der Waals surface area contributed by atoms with Gasteiger partial charge in [0.2, 0.25) is 0 Å². The maximum Gasteiger partial charge on any atom is 0.169 e. The third-order valence-electron chi connectivity index (χ3n) is 2.87. The van der Waals surface area contributed by atoms with E-state index in [-0.39, 0.29) is 12.8 Å². The molecule has 2 heterocycles. The fourth-order valence-electron chi connectivity index (χ4n) is 1.89. The molecule has 6 nitrogen and oxygen atoms in total. The lowest BCUT2D eigenvalue weighted by molar-refractivity contribution is -0.0483. The van der Waals surface area contributed by atoms with Gasteiger partial charge in [-0.2, -0.15) is 9.90 Å². The summed E-state index contributed by atoms with van der Waals surface area (Å²) in [6.45, 7) is 2.41. The Morgan fingerprint density at radius 2 is 2.33 bits per heavy atom. The fraction of sp³-hybridized carbons (Fsp3) is 0.818. The summed E-state index contributed by atoms with van der Waals surface area (Å²) in [6.07, 6.45) is 3.97. The van der Waals surface area contributed by atoms with Crippen LogP contribution in [0.15, 0.2) is 4.60 Å². The van der Waals surface area contributed by atoms with E-state index < -0.39 is 0 Å². The number of aliphatic hydroxyl groups is 1. The number of ether oxygens (including phenoxy) is 1. The fourth-order valence-corrected chi connectivity index (χ4v) is 2.27. The third-order valence-corrected chi connectivity index (χ3v) is 3.49. The van der Waals surface area contributed by atoms with E-state index in [9.17, 15) is 0 Å². The van der Waals surface area contributed by atoms with Gasteiger partial charge >= 0.3 is 0 Å². The average Bonchev–Trinajstić information content (AvgIpc) is 2.77. The molecular formula is C11H19BrN4O2. The molecule has 2 N–H and O–H groups in total. The molecule has 0 aliphatic carbocycles. The van der Waals surface area contributed by atoms with E-state index in [0.717, 1.165) is 49.1 Å². The molecule has 1 aliphatic heterocycles. The number of nitrogens with zero attached hydrogens (tertiary/aromatic N) is 3. The molecule has 0 bridgehead atoms. The van der Waals surface area contributed by atoms with Crippen molar-refractivity contribution in [1.29, 1.82) is 0 Å². The van der Waals surface area contributed by atoms with Crippen LogP contribution in [0, 0.1) is 0 Å². The molecule has 1 aromatic rings. The normalized spacial score (nSPS) is 20.2. The minimum atomic E-state index is -0.0266. The first-order valence-corrected chi connectivity index (χ1v) is 7.15. The Kier molecular flexibility index (Phi) is 5.55. The van der Waals surface area contributed by atoms with Crippen LogP contribution in [0.2, 0.25) is 0 Å². The van der Waals surface area contributed by atoms with Crippen molar-refractivity contribution in [3.8, 4) is 0 Å². The van der Waals surface area contributed by atoms with Gasteiger partial charge in [-0.15, -0.1) is 5.10 Å².